The summed E-state index contributed by atoms with van der Waals surface area (Å²) >= 11 is 0. The van der Waals surface area contributed by atoms with Crippen LogP contribution in [0.1, 0.15) is 27.3 Å². The highest BCUT2D eigenvalue weighted by Crippen LogP contribution is 2.26. The average Bonchev–Trinajstić information content (AvgIpc) is 3.01. The Labute approximate surface area is 176 Å². The zero-order valence-corrected chi connectivity index (χ0v) is 17.7. The fourth-order valence-corrected chi connectivity index (χ4v) is 3.82. The molecule has 156 valence electrons. The van der Waals surface area contributed by atoms with E-state index in [0.717, 1.165) is 25.3 Å². The summed E-state index contributed by atoms with van der Waals surface area (Å²) in [5.41, 5.74) is 4.14. The number of carbonyl (C=O) groups excluding carboxylic acids is 1. The molecule has 1 aliphatic rings. The summed E-state index contributed by atoms with van der Waals surface area (Å²) in [6.07, 6.45) is 3.33. The molecule has 0 atom stereocenters. The van der Waals surface area contributed by atoms with E-state index in [2.05, 4.69) is 28.8 Å². The predicted molar refractivity (Wildman–Crippen MR) is 115 cm³/mol. The van der Waals surface area contributed by atoms with E-state index in [1.807, 2.05) is 53.0 Å². The fraction of sp³-hybridized carbons (Fsp3) is 0.348. The Morgan fingerprint density at radius 3 is 2.50 bits per heavy atom. The van der Waals surface area contributed by atoms with Gasteiger partial charge in [-0.2, -0.15) is 5.10 Å². The fourth-order valence-electron chi connectivity index (χ4n) is 3.82. The van der Waals surface area contributed by atoms with Crippen molar-refractivity contribution in [3.05, 3.63) is 71.3 Å². The van der Waals surface area contributed by atoms with E-state index in [1.165, 1.54) is 11.3 Å². The van der Waals surface area contributed by atoms with E-state index in [4.69, 9.17) is 4.74 Å². The first kappa shape index (κ1) is 20.1. The van der Waals surface area contributed by atoms with Gasteiger partial charge in [-0.3, -0.25) is 19.4 Å². The molecular weight excluding hydrogens is 378 g/mol. The third kappa shape index (κ3) is 4.21. The number of hydrogen-bond donors (Lipinski definition) is 0. The lowest BCUT2D eigenvalue weighted by atomic mass is 10.1. The number of aromatic nitrogens is 3. The van der Waals surface area contributed by atoms with Gasteiger partial charge in [0.25, 0.3) is 5.91 Å². The van der Waals surface area contributed by atoms with Gasteiger partial charge in [0.05, 0.1) is 17.5 Å². The summed E-state index contributed by atoms with van der Waals surface area (Å²) in [7, 11) is 1.98. The minimum absolute atomic E-state index is 0.00267. The number of para-hydroxylation sites is 1. The Hall–Kier alpha value is -3.19. The molecule has 2 aromatic heterocycles. The standard InChI is InChI=1S/C23H27N5O2/c1-17-21(18(2)26(3)25-17)16-27-11-13-28(14-12-27)23(29)20-8-4-5-9-22(20)30-19-7-6-10-24-15-19/h4-10,15H,11-14,16H2,1-3H3. The van der Waals surface area contributed by atoms with E-state index >= 15 is 0 Å². The van der Waals surface area contributed by atoms with Crippen LogP contribution in [0.15, 0.2) is 48.8 Å². The highest BCUT2D eigenvalue weighted by Gasteiger charge is 2.25. The van der Waals surface area contributed by atoms with Crippen molar-refractivity contribution in [1.82, 2.24) is 24.6 Å². The summed E-state index contributed by atoms with van der Waals surface area (Å²) in [6, 6.07) is 11.0. The number of benzene rings is 1. The van der Waals surface area contributed by atoms with Gasteiger partial charge in [0.1, 0.15) is 11.5 Å². The van der Waals surface area contributed by atoms with E-state index in [9.17, 15) is 4.79 Å². The zero-order chi connectivity index (χ0) is 21.1. The number of hydrogen-bond acceptors (Lipinski definition) is 5. The molecule has 30 heavy (non-hydrogen) atoms. The molecule has 7 heteroatoms. The number of piperazine rings is 1. The zero-order valence-electron chi connectivity index (χ0n) is 17.7. The molecular formula is C23H27N5O2. The lowest BCUT2D eigenvalue weighted by Gasteiger charge is -2.35. The molecule has 0 unspecified atom stereocenters. The Bertz CT molecular complexity index is 1020. The molecule has 1 saturated heterocycles. The number of amides is 1. The maximum absolute atomic E-state index is 13.2. The molecule has 0 radical (unpaired) electrons. The first-order valence-electron chi connectivity index (χ1n) is 10.2. The number of aryl methyl sites for hydroxylation is 2. The summed E-state index contributed by atoms with van der Waals surface area (Å²) in [6.45, 7) is 8.09. The van der Waals surface area contributed by atoms with E-state index in [0.29, 0.717) is 30.2 Å². The quantitative estimate of drug-likeness (QED) is 0.652. The van der Waals surface area contributed by atoms with Crippen LogP contribution in [0.2, 0.25) is 0 Å². The second kappa shape index (κ2) is 8.67. The number of ether oxygens (including phenoxy) is 1. The second-order valence-electron chi connectivity index (χ2n) is 7.63. The van der Waals surface area contributed by atoms with E-state index < -0.39 is 0 Å². The molecule has 1 fully saturated rings. The van der Waals surface area contributed by atoms with Crippen molar-refractivity contribution in [3.8, 4) is 11.5 Å². The molecule has 1 aromatic carbocycles. The maximum Gasteiger partial charge on any atom is 0.257 e. The summed E-state index contributed by atoms with van der Waals surface area (Å²) in [5.74, 6) is 1.17. The third-order valence-electron chi connectivity index (χ3n) is 5.68. The molecule has 0 saturated carbocycles. The van der Waals surface area contributed by atoms with Crippen molar-refractivity contribution in [2.24, 2.45) is 7.05 Å². The van der Waals surface area contributed by atoms with Crippen LogP contribution in [-0.4, -0.2) is 56.7 Å². The highest BCUT2D eigenvalue weighted by atomic mass is 16.5. The predicted octanol–water partition coefficient (Wildman–Crippen LogP) is 3.18. The van der Waals surface area contributed by atoms with Crippen molar-refractivity contribution < 1.29 is 9.53 Å². The van der Waals surface area contributed by atoms with Crippen LogP contribution < -0.4 is 4.74 Å². The van der Waals surface area contributed by atoms with Gasteiger partial charge in [0.2, 0.25) is 0 Å². The van der Waals surface area contributed by atoms with Crippen molar-refractivity contribution in [1.29, 1.82) is 0 Å². The second-order valence-corrected chi connectivity index (χ2v) is 7.63. The van der Waals surface area contributed by atoms with Gasteiger partial charge >= 0.3 is 0 Å². The van der Waals surface area contributed by atoms with Crippen LogP contribution in [0.25, 0.3) is 0 Å². The van der Waals surface area contributed by atoms with Crippen LogP contribution in [-0.2, 0) is 13.6 Å². The lowest BCUT2D eigenvalue weighted by molar-refractivity contribution is 0.0625. The first-order valence-corrected chi connectivity index (χ1v) is 10.2. The molecule has 0 spiro atoms. The molecule has 0 aliphatic carbocycles. The molecule has 0 N–H and O–H groups in total. The van der Waals surface area contributed by atoms with Gasteiger partial charge in [-0.1, -0.05) is 12.1 Å². The minimum Gasteiger partial charge on any atom is -0.455 e. The third-order valence-corrected chi connectivity index (χ3v) is 5.68. The number of carbonyl (C=O) groups is 1. The van der Waals surface area contributed by atoms with Crippen molar-refractivity contribution in [2.75, 3.05) is 26.2 Å². The summed E-state index contributed by atoms with van der Waals surface area (Å²) < 4.78 is 7.85. The van der Waals surface area contributed by atoms with Crippen molar-refractivity contribution in [3.63, 3.8) is 0 Å². The normalized spacial score (nSPS) is 14.7. The van der Waals surface area contributed by atoms with Crippen LogP contribution in [0.3, 0.4) is 0 Å². The van der Waals surface area contributed by atoms with Gasteiger partial charge < -0.3 is 9.64 Å². The van der Waals surface area contributed by atoms with Gasteiger partial charge in [-0.05, 0) is 38.1 Å². The number of nitrogens with zero attached hydrogens (tertiary/aromatic N) is 5. The Morgan fingerprint density at radius 1 is 1.07 bits per heavy atom. The lowest BCUT2D eigenvalue weighted by Crippen LogP contribution is -2.48. The molecule has 1 amide bonds. The minimum atomic E-state index is 0.00267. The molecule has 4 rings (SSSR count). The topological polar surface area (TPSA) is 63.5 Å². The average molecular weight is 406 g/mol. The van der Waals surface area contributed by atoms with Crippen LogP contribution in [0, 0.1) is 13.8 Å². The van der Waals surface area contributed by atoms with Crippen LogP contribution >= 0.6 is 0 Å². The number of pyridine rings is 1. The summed E-state index contributed by atoms with van der Waals surface area (Å²) in [5, 5.41) is 4.51. The molecule has 0 bridgehead atoms. The van der Waals surface area contributed by atoms with Crippen LogP contribution in [0.5, 0.6) is 11.5 Å². The molecule has 7 nitrogen and oxygen atoms in total. The molecule has 3 aromatic rings. The highest BCUT2D eigenvalue weighted by molar-refractivity contribution is 5.97. The first-order chi connectivity index (χ1) is 14.5. The SMILES string of the molecule is Cc1nn(C)c(C)c1CN1CCN(C(=O)c2ccccc2Oc2cccnc2)CC1. The monoisotopic (exact) mass is 405 g/mol. The van der Waals surface area contributed by atoms with E-state index in [1.54, 1.807) is 12.4 Å². The van der Waals surface area contributed by atoms with E-state index in [-0.39, 0.29) is 5.91 Å². The summed E-state index contributed by atoms with van der Waals surface area (Å²) in [4.78, 5) is 21.6. The molecule has 3 heterocycles. The Morgan fingerprint density at radius 2 is 1.83 bits per heavy atom. The smallest absolute Gasteiger partial charge is 0.257 e. The van der Waals surface area contributed by atoms with Crippen molar-refractivity contribution in [2.45, 2.75) is 20.4 Å². The van der Waals surface area contributed by atoms with Gasteiger partial charge in [0, 0.05) is 57.2 Å². The van der Waals surface area contributed by atoms with Gasteiger partial charge in [-0.15, -0.1) is 0 Å². The Balaban J connectivity index is 1.41. The van der Waals surface area contributed by atoms with Crippen molar-refractivity contribution >= 4 is 5.91 Å². The maximum atomic E-state index is 13.2. The van der Waals surface area contributed by atoms with Crippen LogP contribution in [0.4, 0.5) is 0 Å². The number of rotatable bonds is 5. The van der Waals surface area contributed by atoms with Gasteiger partial charge in [-0.25, -0.2) is 0 Å². The Kier molecular flexibility index (Phi) is 5.81. The van der Waals surface area contributed by atoms with Gasteiger partial charge in [0.15, 0.2) is 0 Å². The largest absolute Gasteiger partial charge is 0.455 e. The molecule has 1 aliphatic heterocycles.